The van der Waals surface area contributed by atoms with E-state index in [2.05, 4.69) is 4.98 Å². The second-order valence-electron chi connectivity index (χ2n) is 3.95. The number of carboxylic acid groups (broad SMARTS) is 1. The van der Waals surface area contributed by atoms with Crippen molar-refractivity contribution in [1.29, 1.82) is 0 Å². The molecule has 1 heterocycles. The highest BCUT2D eigenvalue weighted by molar-refractivity contribution is 5.85. The number of carbonyl (C=O) groups is 1. The smallest absolute Gasteiger partial charge is 0.328 e. The molecule has 0 spiro atoms. The molecule has 0 aliphatic rings. The lowest BCUT2D eigenvalue weighted by Gasteiger charge is -2.01. The van der Waals surface area contributed by atoms with Crippen LogP contribution in [0.25, 0.3) is 6.08 Å². The van der Waals surface area contributed by atoms with Crippen molar-refractivity contribution in [2.24, 2.45) is 0 Å². The fourth-order valence-electron chi connectivity index (χ4n) is 1.65. The van der Waals surface area contributed by atoms with E-state index in [0.717, 1.165) is 23.6 Å². The van der Waals surface area contributed by atoms with Gasteiger partial charge in [-0.3, -0.25) is 4.98 Å². The number of halogens is 1. The zero-order valence-electron chi connectivity index (χ0n) is 10.2. The van der Waals surface area contributed by atoms with E-state index in [0.29, 0.717) is 0 Å². The van der Waals surface area contributed by atoms with Crippen LogP contribution < -0.4 is 0 Å². The lowest BCUT2D eigenvalue weighted by Crippen LogP contribution is -1.89. The van der Waals surface area contributed by atoms with E-state index in [1.54, 1.807) is 12.3 Å². The van der Waals surface area contributed by atoms with Gasteiger partial charge >= 0.3 is 5.97 Å². The molecule has 0 saturated carbocycles. The quantitative estimate of drug-likeness (QED) is 0.872. The Balaban J connectivity index is 0.00000180. The monoisotopic (exact) mass is 275 g/mol. The minimum atomic E-state index is -0.936. The molecular formula is C15H14ClNO2. The SMILES string of the molecule is Cl.O=C(O)C=Cc1ccc(Cc2cccnc2)cc1. The van der Waals surface area contributed by atoms with Crippen LogP contribution in [0.15, 0.2) is 54.9 Å². The molecule has 0 atom stereocenters. The summed E-state index contributed by atoms with van der Waals surface area (Å²) in [6.45, 7) is 0. The molecule has 2 aromatic rings. The summed E-state index contributed by atoms with van der Waals surface area (Å²) in [6, 6.07) is 11.8. The molecule has 0 aliphatic carbocycles. The highest BCUT2D eigenvalue weighted by Gasteiger charge is 1.96. The van der Waals surface area contributed by atoms with Crippen molar-refractivity contribution < 1.29 is 9.90 Å². The molecule has 3 nitrogen and oxygen atoms in total. The Morgan fingerprint density at radius 1 is 1.16 bits per heavy atom. The molecule has 0 bridgehead atoms. The third kappa shape index (κ3) is 4.94. The Morgan fingerprint density at radius 3 is 2.47 bits per heavy atom. The van der Waals surface area contributed by atoms with Crippen LogP contribution in [0.3, 0.4) is 0 Å². The van der Waals surface area contributed by atoms with Gasteiger partial charge in [0.05, 0.1) is 0 Å². The van der Waals surface area contributed by atoms with Crippen molar-refractivity contribution in [1.82, 2.24) is 4.98 Å². The number of nitrogens with zero attached hydrogens (tertiary/aromatic N) is 1. The van der Waals surface area contributed by atoms with Crippen LogP contribution in [-0.2, 0) is 11.2 Å². The van der Waals surface area contributed by atoms with Crippen LogP contribution in [0.5, 0.6) is 0 Å². The zero-order chi connectivity index (χ0) is 12.8. The minimum Gasteiger partial charge on any atom is -0.478 e. The normalized spacial score (nSPS) is 10.1. The maximum atomic E-state index is 10.4. The fraction of sp³-hybridized carbons (Fsp3) is 0.0667. The lowest BCUT2D eigenvalue weighted by molar-refractivity contribution is -0.131. The van der Waals surface area contributed by atoms with Crippen LogP contribution in [-0.4, -0.2) is 16.1 Å². The van der Waals surface area contributed by atoms with Gasteiger partial charge in [-0.15, -0.1) is 12.4 Å². The Morgan fingerprint density at radius 2 is 1.89 bits per heavy atom. The van der Waals surface area contributed by atoms with Crippen LogP contribution in [0.1, 0.15) is 16.7 Å². The first-order chi connectivity index (χ1) is 8.74. The summed E-state index contributed by atoms with van der Waals surface area (Å²) in [5.74, 6) is -0.936. The van der Waals surface area contributed by atoms with E-state index in [4.69, 9.17) is 5.11 Å². The molecule has 0 amide bonds. The summed E-state index contributed by atoms with van der Waals surface area (Å²) in [7, 11) is 0. The highest BCUT2D eigenvalue weighted by Crippen LogP contribution is 2.10. The fourth-order valence-corrected chi connectivity index (χ4v) is 1.65. The van der Waals surface area contributed by atoms with Gasteiger partial charge < -0.3 is 5.11 Å². The van der Waals surface area contributed by atoms with Crippen molar-refractivity contribution in [3.05, 3.63) is 71.6 Å². The minimum absolute atomic E-state index is 0. The summed E-state index contributed by atoms with van der Waals surface area (Å²) in [6.07, 6.45) is 7.14. The van der Waals surface area contributed by atoms with Gasteiger partial charge in [-0.05, 0) is 35.3 Å². The van der Waals surface area contributed by atoms with Crippen molar-refractivity contribution >= 4 is 24.5 Å². The van der Waals surface area contributed by atoms with Crippen molar-refractivity contribution in [2.75, 3.05) is 0 Å². The molecule has 2 rings (SSSR count). The first-order valence-corrected chi connectivity index (χ1v) is 5.63. The van der Waals surface area contributed by atoms with Crippen LogP contribution >= 0.6 is 12.4 Å². The second-order valence-corrected chi connectivity index (χ2v) is 3.95. The highest BCUT2D eigenvalue weighted by atomic mass is 35.5. The predicted molar refractivity (Wildman–Crippen MR) is 77.4 cm³/mol. The molecule has 0 radical (unpaired) electrons. The van der Waals surface area contributed by atoms with E-state index in [1.165, 1.54) is 5.56 Å². The Hall–Kier alpha value is -2.13. The Bertz CT molecular complexity index is 550. The number of carboxylic acids is 1. The third-order valence-corrected chi connectivity index (χ3v) is 2.53. The third-order valence-electron chi connectivity index (χ3n) is 2.53. The number of rotatable bonds is 4. The molecule has 0 fully saturated rings. The molecule has 0 saturated heterocycles. The van der Waals surface area contributed by atoms with Crippen molar-refractivity contribution in [3.8, 4) is 0 Å². The molecular weight excluding hydrogens is 262 g/mol. The van der Waals surface area contributed by atoms with E-state index in [-0.39, 0.29) is 12.4 Å². The molecule has 4 heteroatoms. The standard InChI is InChI=1S/C15H13NO2.ClH/c17-15(18)8-7-12-3-5-13(6-4-12)10-14-2-1-9-16-11-14;/h1-9,11H,10H2,(H,17,18);1H. The first kappa shape index (κ1) is 14.9. The van der Waals surface area contributed by atoms with Gasteiger partial charge in [0.15, 0.2) is 0 Å². The predicted octanol–water partition coefficient (Wildman–Crippen LogP) is 3.19. The van der Waals surface area contributed by atoms with Crippen LogP contribution in [0, 0.1) is 0 Å². The van der Waals surface area contributed by atoms with E-state index < -0.39 is 5.97 Å². The number of benzene rings is 1. The molecule has 1 aromatic heterocycles. The summed E-state index contributed by atoms with van der Waals surface area (Å²) in [4.78, 5) is 14.5. The molecule has 0 aliphatic heterocycles. The Labute approximate surface area is 118 Å². The first-order valence-electron chi connectivity index (χ1n) is 5.63. The number of hydrogen-bond acceptors (Lipinski definition) is 2. The second kappa shape index (κ2) is 7.34. The van der Waals surface area contributed by atoms with Gasteiger partial charge in [-0.1, -0.05) is 30.3 Å². The molecule has 98 valence electrons. The molecule has 1 aromatic carbocycles. The zero-order valence-corrected chi connectivity index (χ0v) is 11.0. The van der Waals surface area contributed by atoms with Crippen molar-refractivity contribution in [3.63, 3.8) is 0 Å². The maximum Gasteiger partial charge on any atom is 0.328 e. The average Bonchev–Trinajstić information content (AvgIpc) is 2.39. The van der Waals surface area contributed by atoms with E-state index in [9.17, 15) is 4.79 Å². The number of hydrogen-bond donors (Lipinski definition) is 1. The molecule has 1 N–H and O–H groups in total. The number of aliphatic carboxylic acids is 1. The Kier molecular flexibility index (Phi) is 5.76. The van der Waals surface area contributed by atoms with E-state index >= 15 is 0 Å². The summed E-state index contributed by atoms with van der Waals surface area (Å²) >= 11 is 0. The summed E-state index contributed by atoms with van der Waals surface area (Å²) in [5.41, 5.74) is 3.22. The van der Waals surface area contributed by atoms with Gasteiger partial charge in [0.2, 0.25) is 0 Å². The number of aromatic nitrogens is 1. The molecule has 19 heavy (non-hydrogen) atoms. The average molecular weight is 276 g/mol. The van der Waals surface area contributed by atoms with Crippen molar-refractivity contribution in [2.45, 2.75) is 6.42 Å². The van der Waals surface area contributed by atoms with Gasteiger partial charge in [-0.2, -0.15) is 0 Å². The summed E-state index contributed by atoms with van der Waals surface area (Å²) in [5, 5.41) is 8.53. The maximum absolute atomic E-state index is 10.4. The van der Waals surface area contributed by atoms with E-state index in [1.807, 2.05) is 42.6 Å². The van der Waals surface area contributed by atoms with Gasteiger partial charge in [0, 0.05) is 18.5 Å². The summed E-state index contributed by atoms with van der Waals surface area (Å²) < 4.78 is 0. The van der Waals surface area contributed by atoms with Gasteiger partial charge in [0.1, 0.15) is 0 Å². The van der Waals surface area contributed by atoms with Crippen LogP contribution in [0.4, 0.5) is 0 Å². The molecule has 0 unspecified atom stereocenters. The van der Waals surface area contributed by atoms with Crippen LogP contribution in [0.2, 0.25) is 0 Å². The number of pyridine rings is 1. The van der Waals surface area contributed by atoms with Gasteiger partial charge in [0.25, 0.3) is 0 Å². The topological polar surface area (TPSA) is 50.2 Å². The largest absolute Gasteiger partial charge is 0.478 e. The van der Waals surface area contributed by atoms with Gasteiger partial charge in [-0.25, -0.2) is 4.79 Å². The lowest BCUT2D eigenvalue weighted by atomic mass is 10.0.